The van der Waals surface area contributed by atoms with Crippen molar-refractivity contribution < 1.29 is 4.79 Å². The highest BCUT2D eigenvalue weighted by Gasteiger charge is 2.11. The summed E-state index contributed by atoms with van der Waals surface area (Å²) in [7, 11) is 0. The molecule has 0 atom stereocenters. The van der Waals surface area contributed by atoms with Crippen LogP contribution in [0.5, 0.6) is 0 Å². The molecule has 0 bridgehead atoms. The Kier molecular flexibility index (Phi) is 7.42. The van der Waals surface area contributed by atoms with Crippen LogP contribution in [0.25, 0.3) is 5.69 Å². The first-order chi connectivity index (χ1) is 14.0. The summed E-state index contributed by atoms with van der Waals surface area (Å²) in [5.74, 6) is 0.937. The van der Waals surface area contributed by atoms with Crippen LogP contribution in [-0.2, 0) is 10.5 Å². The number of benzene rings is 2. The predicted molar refractivity (Wildman–Crippen MR) is 124 cm³/mol. The molecule has 7 heteroatoms. The van der Waals surface area contributed by atoms with Gasteiger partial charge in [-0.2, -0.15) is 5.10 Å². The molecule has 29 heavy (non-hydrogen) atoms. The quantitative estimate of drug-likeness (QED) is 0.369. The number of rotatable bonds is 7. The summed E-state index contributed by atoms with van der Waals surface area (Å²) < 4.78 is 2.08. The van der Waals surface area contributed by atoms with E-state index in [1.807, 2.05) is 68.4 Å². The molecule has 3 rings (SSSR count). The molecule has 150 valence electrons. The molecular formula is C22H21Cl2N3OS. The van der Waals surface area contributed by atoms with Gasteiger partial charge in [-0.15, -0.1) is 11.8 Å². The molecule has 0 radical (unpaired) electrons. The second-order valence-electron chi connectivity index (χ2n) is 6.53. The second kappa shape index (κ2) is 10.0. The molecule has 1 aromatic heterocycles. The number of para-hydroxylation sites is 1. The zero-order valence-corrected chi connectivity index (χ0v) is 18.5. The van der Waals surface area contributed by atoms with Crippen molar-refractivity contribution in [1.29, 1.82) is 0 Å². The topological polar surface area (TPSA) is 46.4 Å². The fraction of sp³-hybridized carbons (Fsp3) is 0.182. The molecule has 1 amide bonds. The van der Waals surface area contributed by atoms with Gasteiger partial charge in [0.25, 0.3) is 0 Å². The van der Waals surface area contributed by atoms with Gasteiger partial charge in [0.05, 0.1) is 22.7 Å². The van der Waals surface area contributed by atoms with E-state index in [0.29, 0.717) is 15.8 Å². The summed E-state index contributed by atoms with van der Waals surface area (Å²) in [5, 5.41) is 5.50. The van der Waals surface area contributed by atoms with Crippen molar-refractivity contribution in [3.8, 4) is 5.69 Å². The van der Waals surface area contributed by atoms with Crippen LogP contribution >= 0.6 is 35.0 Å². The minimum atomic E-state index is -0.139. The van der Waals surface area contributed by atoms with Crippen molar-refractivity contribution in [3.05, 3.63) is 87.2 Å². The molecule has 3 aromatic rings. The van der Waals surface area contributed by atoms with E-state index in [9.17, 15) is 4.79 Å². The van der Waals surface area contributed by atoms with Gasteiger partial charge in [0, 0.05) is 27.7 Å². The number of aryl methyl sites for hydroxylation is 1. The molecule has 2 aromatic carbocycles. The Hall–Kier alpha value is -2.21. The van der Waals surface area contributed by atoms with Crippen LogP contribution in [0.1, 0.15) is 22.5 Å². The van der Waals surface area contributed by atoms with Crippen LogP contribution in [0.3, 0.4) is 0 Å². The molecule has 0 aliphatic rings. The van der Waals surface area contributed by atoms with Gasteiger partial charge in [0.2, 0.25) is 5.91 Å². The fourth-order valence-electron chi connectivity index (χ4n) is 2.97. The van der Waals surface area contributed by atoms with E-state index in [-0.39, 0.29) is 5.91 Å². The van der Waals surface area contributed by atoms with Gasteiger partial charge in [-0.3, -0.25) is 4.79 Å². The summed E-state index contributed by atoms with van der Waals surface area (Å²) >= 11 is 13.7. The Labute approximate surface area is 184 Å². The molecule has 0 unspecified atom stereocenters. The number of carbonyl (C=O) groups excluding carboxylic acids is 1. The van der Waals surface area contributed by atoms with Crippen LogP contribution < -0.4 is 5.43 Å². The lowest BCUT2D eigenvalue weighted by molar-refractivity contribution is -0.118. The number of aromatic nitrogens is 1. The highest BCUT2D eigenvalue weighted by atomic mass is 35.5. The number of amides is 1. The van der Waals surface area contributed by atoms with Gasteiger partial charge in [-0.1, -0.05) is 47.5 Å². The Morgan fingerprint density at radius 2 is 1.86 bits per heavy atom. The van der Waals surface area contributed by atoms with E-state index in [2.05, 4.69) is 15.1 Å². The Balaban J connectivity index is 1.56. The number of hydrogen-bond donors (Lipinski definition) is 1. The molecule has 1 N–H and O–H groups in total. The molecule has 0 aliphatic heterocycles. The summed E-state index contributed by atoms with van der Waals surface area (Å²) in [4.78, 5) is 12.0. The van der Waals surface area contributed by atoms with Gasteiger partial charge in [-0.25, -0.2) is 5.43 Å². The largest absolute Gasteiger partial charge is 0.316 e. The second-order valence-corrected chi connectivity index (χ2v) is 8.35. The maximum atomic E-state index is 12.0. The number of nitrogens with zero attached hydrogens (tertiary/aromatic N) is 2. The lowest BCUT2D eigenvalue weighted by atomic mass is 10.2. The molecule has 0 fully saturated rings. The molecule has 0 spiro atoms. The van der Waals surface area contributed by atoms with E-state index in [4.69, 9.17) is 23.2 Å². The van der Waals surface area contributed by atoms with Gasteiger partial charge in [-0.05, 0) is 49.7 Å². The minimum Gasteiger partial charge on any atom is -0.316 e. The van der Waals surface area contributed by atoms with Crippen LogP contribution in [0.4, 0.5) is 0 Å². The van der Waals surface area contributed by atoms with Gasteiger partial charge < -0.3 is 4.57 Å². The van der Waals surface area contributed by atoms with Crippen molar-refractivity contribution in [2.45, 2.75) is 19.6 Å². The van der Waals surface area contributed by atoms with Crippen molar-refractivity contribution in [2.75, 3.05) is 5.75 Å². The molecule has 0 saturated heterocycles. The van der Waals surface area contributed by atoms with E-state index >= 15 is 0 Å². The fourth-order valence-corrected chi connectivity index (χ4v) is 4.10. The number of hydrogen-bond acceptors (Lipinski definition) is 3. The highest BCUT2D eigenvalue weighted by Crippen LogP contribution is 2.25. The van der Waals surface area contributed by atoms with Crippen LogP contribution in [-0.4, -0.2) is 22.4 Å². The smallest absolute Gasteiger partial charge is 0.250 e. The first-order valence-electron chi connectivity index (χ1n) is 9.03. The minimum absolute atomic E-state index is 0.139. The average molecular weight is 446 g/mol. The van der Waals surface area contributed by atoms with Gasteiger partial charge in [0.15, 0.2) is 0 Å². The average Bonchev–Trinajstić information content (AvgIpc) is 2.97. The van der Waals surface area contributed by atoms with E-state index in [1.54, 1.807) is 6.21 Å². The van der Waals surface area contributed by atoms with E-state index in [0.717, 1.165) is 34.0 Å². The maximum absolute atomic E-state index is 12.0. The Morgan fingerprint density at radius 1 is 1.14 bits per heavy atom. The van der Waals surface area contributed by atoms with Crippen LogP contribution in [0.15, 0.2) is 59.7 Å². The molecule has 4 nitrogen and oxygen atoms in total. The Bertz CT molecular complexity index is 1030. The standard InChI is InChI=1S/C22H21Cl2N3OS/c1-15-11-18(16(2)27(15)21-6-4-3-5-20(21)24)12-25-26-22(28)14-29-13-17-7-9-19(23)10-8-17/h3-12H,13-14H2,1-2H3,(H,26,28)/b25-12-. The third-order valence-electron chi connectivity index (χ3n) is 4.37. The van der Waals surface area contributed by atoms with Crippen LogP contribution in [0.2, 0.25) is 10.0 Å². The SMILES string of the molecule is Cc1cc(/C=N\NC(=O)CSCc2ccc(Cl)cc2)c(C)n1-c1ccccc1Cl. The summed E-state index contributed by atoms with van der Waals surface area (Å²) in [6, 6.07) is 17.3. The van der Waals surface area contributed by atoms with Crippen molar-refractivity contribution in [1.82, 2.24) is 9.99 Å². The number of nitrogens with one attached hydrogen (secondary N) is 1. The summed E-state index contributed by atoms with van der Waals surface area (Å²) in [6.07, 6.45) is 1.66. The number of carbonyl (C=O) groups is 1. The summed E-state index contributed by atoms with van der Waals surface area (Å²) in [6.45, 7) is 4.02. The molecule has 0 aliphatic carbocycles. The zero-order valence-electron chi connectivity index (χ0n) is 16.2. The molecule has 0 saturated carbocycles. The maximum Gasteiger partial charge on any atom is 0.250 e. The van der Waals surface area contributed by atoms with Crippen molar-refractivity contribution >= 4 is 47.1 Å². The van der Waals surface area contributed by atoms with Crippen molar-refractivity contribution in [3.63, 3.8) is 0 Å². The summed E-state index contributed by atoms with van der Waals surface area (Å²) in [5.41, 5.74) is 7.61. The monoisotopic (exact) mass is 445 g/mol. The molecule has 1 heterocycles. The van der Waals surface area contributed by atoms with E-state index in [1.165, 1.54) is 11.8 Å². The normalized spacial score (nSPS) is 11.2. The molecular weight excluding hydrogens is 425 g/mol. The van der Waals surface area contributed by atoms with Crippen LogP contribution in [0, 0.1) is 13.8 Å². The first-order valence-corrected chi connectivity index (χ1v) is 10.9. The van der Waals surface area contributed by atoms with Crippen molar-refractivity contribution in [2.24, 2.45) is 5.10 Å². The highest BCUT2D eigenvalue weighted by molar-refractivity contribution is 7.99. The van der Waals surface area contributed by atoms with Gasteiger partial charge >= 0.3 is 0 Å². The zero-order chi connectivity index (χ0) is 20.8. The number of thioether (sulfide) groups is 1. The van der Waals surface area contributed by atoms with E-state index < -0.39 is 0 Å². The number of hydrazone groups is 1. The first kappa shape index (κ1) is 21.5. The Morgan fingerprint density at radius 3 is 2.59 bits per heavy atom. The number of halogens is 2. The lowest BCUT2D eigenvalue weighted by Crippen LogP contribution is -2.19. The third-order valence-corrected chi connectivity index (χ3v) is 5.95. The predicted octanol–water partition coefficient (Wildman–Crippen LogP) is 5.78. The lowest BCUT2D eigenvalue weighted by Gasteiger charge is -2.11. The third kappa shape index (κ3) is 5.66. The van der Waals surface area contributed by atoms with Gasteiger partial charge in [0.1, 0.15) is 0 Å².